The normalized spacial score (nSPS) is 20.3. The third-order valence-corrected chi connectivity index (χ3v) is 3.35. The van der Waals surface area contributed by atoms with Crippen LogP contribution in [0, 0.1) is 12.7 Å². The summed E-state index contributed by atoms with van der Waals surface area (Å²) in [6.07, 6.45) is 2.03. The molecule has 0 aliphatic carbocycles. The van der Waals surface area contributed by atoms with Crippen molar-refractivity contribution in [2.75, 3.05) is 20.2 Å². The first-order valence-corrected chi connectivity index (χ1v) is 5.91. The maximum Gasteiger partial charge on any atom is 0.207 e. The second kappa shape index (κ2) is 4.92. The first kappa shape index (κ1) is 12.2. The lowest BCUT2D eigenvalue weighted by Crippen LogP contribution is -2.28. The summed E-state index contributed by atoms with van der Waals surface area (Å²) in [5.41, 5.74) is 1.41. The van der Waals surface area contributed by atoms with Crippen molar-refractivity contribution in [2.24, 2.45) is 0 Å². The first-order chi connectivity index (χ1) is 8.15. The molecule has 1 aromatic rings. The Labute approximate surface area is 101 Å². The van der Waals surface area contributed by atoms with Gasteiger partial charge in [0.1, 0.15) is 0 Å². The molecule has 1 atom stereocenters. The average molecular weight is 239 g/mol. The lowest BCUT2D eigenvalue weighted by atomic mass is 9.89. The van der Waals surface area contributed by atoms with Crippen molar-refractivity contribution in [1.82, 2.24) is 5.32 Å². The molecule has 1 unspecified atom stereocenters. The van der Waals surface area contributed by atoms with Gasteiger partial charge in [0.25, 0.3) is 0 Å². The van der Waals surface area contributed by atoms with E-state index in [1.54, 1.807) is 6.92 Å². The van der Waals surface area contributed by atoms with Crippen molar-refractivity contribution in [3.63, 3.8) is 0 Å². The quantitative estimate of drug-likeness (QED) is 0.832. The summed E-state index contributed by atoms with van der Waals surface area (Å²) in [5.74, 6) is -0.591. The van der Waals surface area contributed by atoms with Crippen LogP contribution < -0.4 is 10.1 Å². The van der Waals surface area contributed by atoms with Crippen LogP contribution in [0.15, 0.2) is 6.07 Å². The van der Waals surface area contributed by atoms with Crippen LogP contribution in [0.4, 0.5) is 4.39 Å². The molecular formula is C13H18FNO2. The van der Waals surface area contributed by atoms with Crippen molar-refractivity contribution in [2.45, 2.75) is 25.7 Å². The lowest BCUT2D eigenvalue weighted by molar-refractivity contribution is 0.353. The molecule has 1 aliphatic heterocycles. The minimum atomic E-state index is -0.645. The number of hydrogen-bond acceptors (Lipinski definition) is 3. The Balaban J connectivity index is 2.40. The van der Waals surface area contributed by atoms with E-state index in [0.717, 1.165) is 31.5 Å². The summed E-state index contributed by atoms with van der Waals surface area (Å²) < 4.78 is 18.8. The number of methoxy groups -OCH3 is 1. The van der Waals surface area contributed by atoms with Crippen LogP contribution in [0.25, 0.3) is 0 Å². The number of piperidine rings is 1. The fourth-order valence-corrected chi connectivity index (χ4v) is 2.45. The van der Waals surface area contributed by atoms with E-state index in [-0.39, 0.29) is 17.4 Å². The molecule has 1 saturated heterocycles. The molecule has 1 heterocycles. The smallest absolute Gasteiger partial charge is 0.207 e. The zero-order valence-corrected chi connectivity index (χ0v) is 10.2. The predicted octanol–water partition coefficient (Wildman–Crippen LogP) is 2.32. The number of nitrogens with one attached hydrogen (secondary N) is 1. The van der Waals surface area contributed by atoms with E-state index < -0.39 is 5.82 Å². The number of ether oxygens (including phenoxy) is 1. The van der Waals surface area contributed by atoms with E-state index in [4.69, 9.17) is 4.74 Å². The number of phenols is 1. The molecule has 4 heteroatoms. The van der Waals surface area contributed by atoms with Crippen molar-refractivity contribution < 1.29 is 14.2 Å². The van der Waals surface area contributed by atoms with E-state index in [9.17, 15) is 9.50 Å². The standard InChI is InChI=1S/C13H18FNO2/c1-8-6-10(9-4-3-5-15-7-9)12(16)11(14)13(8)17-2/h6,9,15-16H,3-5,7H2,1-2H3. The molecule has 0 bridgehead atoms. The van der Waals surface area contributed by atoms with Gasteiger partial charge in [-0.2, -0.15) is 4.39 Å². The van der Waals surface area contributed by atoms with Crippen LogP contribution in [0.2, 0.25) is 0 Å². The number of halogens is 1. The largest absolute Gasteiger partial charge is 0.505 e. The monoisotopic (exact) mass is 239 g/mol. The SMILES string of the molecule is COc1c(C)cc(C2CCCNC2)c(O)c1F. The van der Waals surface area contributed by atoms with Gasteiger partial charge in [-0.25, -0.2) is 0 Å². The van der Waals surface area contributed by atoms with E-state index >= 15 is 0 Å². The third kappa shape index (κ3) is 2.22. The number of aryl methyl sites for hydroxylation is 1. The molecule has 2 N–H and O–H groups in total. The molecule has 1 aliphatic rings. The Kier molecular flexibility index (Phi) is 3.52. The molecule has 94 valence electrons. The minimum absolute atomic E-state index is 0.134. The van der Waals surface area contributed by atoms with Crippen LogP contribution in [0.5, 0.6) is 11.5 Å². The Morgan fingerprint density at radius 3 is 2.88 bits per heavy atom. The van der Waals surface area contributed by atoms with Gasteiger partial charge in [0.15, 0.2) is 11.5 Å². The molecule has 0 amide bonds. The summed E-state index contributed by atoms with van der Waals surface area (Å²) in [6, 6.07) is 1.83. The second-order valence-electron chi connectivity index (χ2n) is 4.52. The van der Waals surface area contributed by atoms with Crippen LogP contribution in [0.3, 0.4) is 0 Å². The highest BCUT2D eigenvalue weighted by molar-refractivity contribution is 5.48. The Hall–Kier alpha value is -1.29. The zero-order valence-electron chi connectivity index (χ0n) is 10.2. The van der Waals surface area contributed by atoms with Gasteiger partial charge in [-0.15, -0.1) is 0 Å². The molecule has 0 aromatic heterocycles. The van der Waals surface area contributed by atoms with E-state index in [1.807, 2.05) is 6.07 Å². The highest BCUT2D eigenvalue weighted by Gasteiger charge is 2.23. The van der Waals surface area contributed by atoms with Crippen LogP contribution in [-0.4, -0.2) is 25.3 Å². The van der Waals surface area contributed by atoms with Crippen LogP contribution in [-0.2, 0) is 0 Å². The fourth-order valence-electron chi connectivity index (χ4n) is 2.45. The Morgan fingerprint density at radius 1 is 1.53 bits per heavy atom. The Bertz CT molecular complexity index is 414. The van der Waals surface area contributed by atoms with Gasteiger partial charge in [0.2, 0.25) is 5.82 Å². The molecular weight excluding hydrogens is 221 g/mol. The number of rotatable bonds is 2. The van der Waals surface area contributed by atoms with E-state index in [0.29, 0.717) is 5.56 Å². The average Bonchev–Trinajstić information content (AvgIpc) is 2.35. The number of hydrogen-bond donors (Lipinski definition) is 2. The minimum Gasteiger partial charge on any atom is -0.505 e. The second-order valence-corrected chi connectivity index (χ2v) is 4.52. The van der Waals surface area contributed by atoms with Gasteiger partial charge < -0.3 is 15.2 Å². The van der Waals surface area contributed by atoms with Gasteiger partial charge in [-0.1, -0.05) is 0 Å². The van der Waals surface area contributed by atoms with E-state index in [1.165, 1.54) is 7.11 Å². The number of phenolic OH excluding ortho intramolecular Hbond substituents is 1. The molecule has 0 radical (unpaired) electrons. The first-order valence-electron chi connectivity index (χ1n) is 5.91. The van der Waals surface area contributed by atoms with Crippen molar-refractivity contribution >= 4 is 0 Å². The number of benzene rings is 1. The van der Waals surface area contributed by atoms with Crippen molar-refractivity contribution in [1.29, 1.82) is 0 Å². The number of aromatic hydroxyl groups is 1. The van der Waals surface area contributed by atoms with Gasteiger partial charge in [0.05, 0.1) is 7.11 Å². The molecule has 0 spiro atoms. The maximum atomic E-state index is 13.9. The molecule has 17 heavy (non-hydrogen) atoms. The van der Waals surface area contributed by atoms with Gasteiger partial charge in [0, 0.05) is 18.0 Å². The molecule has 1 fully saturated rings. The van der Waals surface area contributed by atoms with Gasteiger partial charge >= 0.3 is 0 Å². The van der Waals surface area contributed by atoms with E-state index in [2.05, 4.69) is 5.32 Å². The highest BCUT2D eigenvalue weighted by Crippen LogP contribution is 2.38. The topological polar surface area (TPSA) is 41.5 Å². The summed E-state index contributed by atoms with van der Waals surface area (Å²) in [5, 5.41) is 13.2. The highest BCUT2D eigenvalue weighted by atomic mass is 19.1. The van der Waals surface area contributed by atoms with Crippen molar-refractivity contribution in [3.8, 4) is 11.5 Å². The zero-order chi connectivity index (χ0) is 12.4. The van der Waals surface area contributed by atoms with Crippen LogP contribution >= 0.6 is 0 Å². The van der Waals surface area contributed by atoms with Crippen molar-refractivity contribution in [3.05, 3.63) is 23.0 Å². The molecule has 0 saturated carbocycles. The third-order valence-electron chi connectivity index (χ3n) is 3.35. The molecule has 3 nitrogen and oxygen atoms in total. The summed E-state index contributed by atoms with van der Waals surface area (Å²) >= 11 is 0. The van der Waals surface area contributed by atoms with Crippen LogP contribution in [0.1, 0.15) is 29.9 Å². The Morgan fingerprint density at radius 2 is 2.29 bits per heavy atom. The molecule has 1 aromatic carbocycles. The maximum absolute atomic E-state index is 13.9. The summed E-state index contributed by atoms with van der Waals surface area (Å²) in [4.78, 5) is 0. The van der Waals surface area contributed by atoms with Gasteiger partial charge in [-0.05, 0) is 37.9 Å². The van der Waals surface area contributed by atoms with Gasteiger partial charge in [-0.3, -0.25) is 0 Å². The summed E-state index contributed by atoms with van der Waals surface area (Å²) in [6.45, 7) is 3.58. The lowest BCUT2D eigenvalue weighted by Gasteiger charge is -2.24. The predicted molar refractivity (Wildman–Crippen MR) is 64.2 cm³/mol. The fraction of sp³-hybridized carbons (Fsp3) is 0.538. The molecule has 2 rings (SSSR count). The summed E-state index contributed by atoms with van der Waals surface area (Å²) in [7, 11) is 1.41.